The zero-order valence-electron chi connectivity index (χ0n) is 17.1. The van der Waals surface area contributed by atoms with Crippen molar-refractivity contribution in [3.05, 3.63) is 41.5 Å². The van der Waals surface area contributed by atoms with Gasteiger partial charge in [0.2, 0.25) is 0 Å². The van der Waals surface area contributed by atoms with Crippen LogP contribution in [0.3, 0.4) is 0 Å². The van der Waals surface area contributed by atoms with Crippen LogP contribution in [0.1, 0.15) is 55.7 Å². The number of hydrogen-bond acceptors (Lipinski definition) is 5. The number of fused-ring (bicyclic) bond motifs is 1. The number of aromatic nitrogens is 3. The number of piperidine rings is 1. The number of ether oxygens (including phenoxy) is 1. The van der Waals surface area contributed by atoms with Crippen molar-refractivity contribution < 1.29 is 9.53 Å². The molecule has 2 aromatic rings. The highest BCUT2D eigenvalue weighted by Crippen LogP contribution is 2.28. The summed E-state index contributed by atoms with van der Waals surface area (Å²) in [5, 5.41) is 12.1. The molecule has 0 bridgehead atoms. The van der Waals surface area contributed by atoms with Crippen molar-refractivity contribution >= 4 is 18.3 Å². The summed E-state index contributed by atoms with van der Waals surface area (Å²) in [6.45, 7) is 8.60. The Hall–Kier alpha value is -2.12. The molecule has 0 saturated carbocycles. The van der Waals surface area contributed by atoms with E-state index < -0.39 is 0 Å². The highest BCUT2D eigenvalue weighted by atomic mass is 35.5. The summed E-state index contributed by atoms with van der Waals surface area (Å²) in [6.07, 6.45) is 1.86. The zero-order chi connectivity index (χ0) is 19.5. The third kappa shape index (κ3) is 4.90. The van der Waals surface area contributed by atoms with Crippen LogP contribution in [0.25, 0.3) is 0 Å². The van der Waals surface area contributed by atoms with E-state index in [9.17, 15) is 4.79 Å². The molecule has 0 spiro atoms. The number of amides is 1. The van der Waals surface area contributed by atoms with E-state index in [0.717, 1.165) is 63.0 Å². The number of rotatable bonds is 5. The van der Waals surface area contributed by atoms with Crippen LogP contribution in [0.5, 0.6) is 5.75 Å². The predicted molar refractivity (Wildman–Crippen MR) is 114 cm³/mol. The van der Waals surface area contributed by atoms with Gasteiger partial charge >= 0.3 is 0 Å². The fourth-order valence-corrected chi connectivity index (χ4v) is 3.99. The number of likely N-dealkylation sites (tertiary alicyclic amines) is 1. The predicted octanol–water partition coefficient (Wildman–Crippen LogP) is 2.71. The molecule has 1 aromatic carbocycles. The Morgan fingerprint density at radius 2 is 1.90 bits per heavy atom. The van der Waals surface area contributed by atoms with Gasteiger partial charge in [0, 0.05) is 32.1 Å². The summed E-state index contributed by atoms with van der Waals surface area (Å²) in [7, 11) is 0. The minimum absolute atomic E-state index is 0. The van der Waals surface area contributed by atoms with Crippen LogP contribution < -0.4 is 10.1 Å². The molecule has 0 aliphatic carbocycles. The van der Waals surface area contributed by atoms with Gasteiger partial charge in [-0.1, -0.05) is 26.0 Å². The quantitative estimate of drug-likeness (QED) is 0.806. The lowest BCUT2D eigenvalue weighted by Gasteiger charge is -2.32. The van der Waals surface area contributed by atoms with Crippen molar-refractivity contribution in [2.45, 2.75) is 51.6 Å². The molecular formula is C21H30ClN5O2. The molecule has 29 heavy (non-hydrogen) atoms. The molecular weight excluding hydrogens is 390 g/mol. The van der Waals surface area contributed by atoms with Crippen LogP contribution in [0.4, 0.5) is 0 Å². The van der Waals surface area contributed by atoms with Crippen LogP contribution >= 0.6 is 12.4 Å². The van der Waals surface area contributed by atoms with Gasteiger partial charge in [-0.3, -0.25) is 4.79 Å². The van der Waals surface area contributed by atoms with Crippen LogP contribution in [-0.4, -0.2) is 51.8 Å². The Bertz CT molecular complexity index is 813. The van der Waals surface area contributed by atoms with Gasteiger partial charge in [-0.05, 0) is 36.5 Å². The average molecular weight is 420 g/mol. The van der Waals surface area contributed by atoms with Crippen LogP contribution in [0.15, 0.2) is 24.3 Å². The fraction of sp³-hybridized carbons (Fsp3) is 0.571. The Morgan fingerprint density at radius 1 is 1.17 bits per heavy atom. The molecule has 3 heterocycles. The van der Waals surface area contributed by atoms with E-state index in [4.69, 9.17) is 4.74 Å². The highest BCUT2D eigenvalue weighted by Gasteiger charge is 2.28. The number of nitrogens with one attached hydrogen (secondary N) is 1. The van der Waals surface area contributed by atoms with E-state index in [1.54, 1.807) is 0 Å². The first-order valence-corrected chi connectivity index (χ1v) is 10.2. The van der Waals surface area contributed by atoms with Gasteiger partial charge in [-0.15, -0.1) is 22.6 Å². The van der Waals surface area contributed by atoms with Crippen molar-refractivity contribution in [3.8, 4) is 5.75 Å². The first-order valence-electron chi connectivity index (χ1n) is 10.2. The fourth-order valence-electron chi connectivity index (χ4n) is 3.99. The Labute approximate surface area is 178 Å². The van der Waals surface area contributed by atoms with E-state index in [-0.39, 0.29) is 24.9 Å². The van der Waals surface area contributed by atoms with Gasteiger partial charge in [0.1, 0.15) is 17.4 Å². The molecule has 0 unspecified atom stereocenters. The lowest BCUT2D eigenvalue weighted by molar-refractivity contribution is -0.134. The number of hydrogen-bond donors (Lipinski definition) is 1. The summed E-state index contributed by atoms with van der Waals surface area (Å²) in [5.41, 5.74) is 1.27. The molecule has 1 amide bonds. The van der Waals surface area contributed by atoms with E-state index in [0.29, 0.717) is 11.8 Å². The molecule has 2 aliphatic heterocycles. The minimum atomic E-state index is 0. The van der Waals surface area contributed by atoms with Crippen LogP contribution in [0.2, 0.25) is 0 Å². The lowest BCUT2D eigenvalue weighted by atomic mass is 9.95. The molecule has 2 aliphatic rings. The maximum absolute atomic E-state index is 12.5. The third-order valence-corrected chi connectivity index (χ3v) is 5.77. The Balaban J connectivity index is 0.00000240. The van der Waals surface area contributed by atoms with E-state index >= 15 is 0 Å². The first-order chi connectivity index (χ1) is 13.6. The van der Waals surface area contributed by atoms with Gasteiger partial charge in [0.05, 0.1) is 6.54 Å². The van der Waals surface area contributed by atoms with Crippen molar-refractivity contribution in [2.24, 2.45) is 0 Å². The summed E-state index contributed by atoms with van der Waals surface area (Å²) < 4.78 is 7.96. The van der Waals surface area contributed by atoms with Crippen LogP contribution in [-0.2, 0) is 17.9 Å². The second-order valence-corrected chi connectivity index (χ2v) is 7.97. The van der Waals surface area contributed by atoms with Crippen LogP contribution in [0, 0.1) is 0 Å². The largest absolute Gasteiger partial charge is 0.484 e. The standard InChI is InChI=1S/C21H29N5O2.ClH/c1-15(2)16-3-5-18(6-4-16)28-14-20(27)25-10-7-17(8-11-25)21-24-23-19-13-22-9-12-26(19)21;/h3-6,15,17,22H,7-14H2,1-2H3;1H. The molecule has 8 heteroatoms. The van der Waals surface area contributed by atoms with E-state index in [1.165, 1.54) is 5.56 Å². The van der Waals surface area contributed by atoms with Crippen molar-refractivity contribution in [3.63, 3.8) is 0 Å². The number of halogens is 1. The normalized spacial score (nSPS) is 17.0. The number of carbonyl (C=O) groups is 1. The van der Waals surface area contributed by atoms with E-state index in [2.05, 4.69) is 46.1 Å². The van der Waals surface area contributed by atoms with Crippen molar-refractivity contribution in [1.29, 1.82) is 0 Å². The molecule has 0 radical (unpaired) electrons. The summed E-state index contributed by atoms with van der Waals surface area (Å²) in [5.74, 6) is 3.79. The van der Waals surface area contributed by atoms with Gasteiger partial charge in [-0.2, -0.15) is 0 Å². The smallest absolute Gasteiger partial charge is 0.260 e. The van der Waals surface area contributed by atoms with E-state index in [1.807, 2.05) is 17.0 Å². The topological polar surface area (TPSA) is 72.3 Å². The van der Waals surface area contributed by atoms with Crippen molar-refractivity contribution in [1.82, 2.24) is 25.0 Å². The Kier molecular flexibility index (Phi) is 7.14. The Morgan fingerprint density at radius 3 is 2.59 bits per heavy atom. The summed E-state index contributed by atoms with van der Waals surface area (Å²) in [6, 6.07) is 8.01. The monoisotopic (exact) mass is 419 g/mol. The minimum Gasteiger partial charge on any atom is -0.484 e. The summed E-state index contributed by atoms with van der Waals surface area (Å²) in [4.78, 5) is 14.4. The highest BCUT2D eigenvalue weighted by molar-refractivity contribution is 5.85. The van der Waals surface area contributed by atoms with Gasteiger partial charge in [-0.25, -0.2) is 0 Å². The number of nitrogens with zero attached hydrogens (tertiary/aromatic N) is 4. The second kappa shape index (κ2) is 9.59. The van der Waals surface area contributed by atoms with Gasteiger partial charge in [0.25, 0.3) is 5.91 Å². The molecule has 1 aromatic heterocycles. The maximum Gasteiger partial charge on any atom is 0.260 e. The second-order valence-electron chi connectivity index (χ2n) is 7.97. The number of benzene rings is 1. The molecule has 7 nitrogen and oxygen atoms in total. The van der Waals surface area contributed by atoms with Crippen molar-refractivity contribution in [2.75, 3.05) is 26.2 Å². The lowest BCUT2D eigenvalue weighted by Crippen LogP contribution is -2.41. The molecule has 1 saturated heterocycles. The first kappa shape index (κ1) is 21.6. The maximum atomic E-state index is 12.5. The summed E-state index contributed by atoms with van der Waals surface area (Å²) >= 11 is 0. The molecule has 1 N–H and O–H groups in total. The third-order valence-electron chi connectivity index (χ3n) is 5.77. The van der Waals surface area contributed by atoms with Gasteiger partial charge in [0.15, 0.2) is 6.61 Å². The van der Waals surface area contributed by atoms with Gasteiger partial charge < -0.3 is 19.5 Å². The molecule has 1 fully saturated rings. The zero-order valence-corrected chi connectivity index (χ0v) is 18.0. The molecule has 158 valence electrons. The molecule has 0 atom stereocenters. The SMILES string of the molecule is CC(C)c1ccc(OCC(=O)N2CCC(c3nnc4n3CCNC4)CC2)cc1.Cl. The number of carbonyl (C=O) groups excluding carboxylic acids is 1. The average Bonchev–Trinajstić information content (AvgIpc) is 3.16. The molecule has 4 rings (SSSR count).